The average molecular weight is 232 g/mol. The predicted octanol–water partition coefficient (Wildman–Crippen LogP) is 2.06. The second-order valence-corrected chi connectivity index (χ2v) is 5.75. The Bertz CT molecular complexity index is 217. The molecule has 0 bridgehead atoms. The van der Waals surface area contributed by atoms with Crippen molar-refractivity contribution < 1.29 is 17.5 Å². The van der Waals surface area contributed by atoms with Crippen LogP contribution in [0.1, 0.15) is 32.6 Å². The molecule has 0 spiro atoms. The summed E-state index contributed by atoms with van der Waals surface area (Å²) in [5.74, 6) is 0. The topological polar surface area (TPSA) is 74.6 Å². The van der Waals surface area contributed by atoms with Crippen molar-refractivity contribution in [2.45, 2.75) is 35.8 Å². The molecule has 0 aliphatic carbocycles. The third kappa shape index (κ3) is 29.4. The number of hydrogen-bond acceptors (Lipinski definition) is 2. The Morgan fingerprint density at radius 1 is 1.50 bits per heavy atom. The molecule has 6 heteroatoms. The van der Waals surface area contributed by atoms with Gasteiger partial charge in [-0.3, -0.25) is 9.11 Å². The van der Waals surface area contributed by atoms with Crippen molar-refractivity contribution in [2.75, 3.05) is 0 Å². The third-order valence-corrected chi connectivity index (χ3v) is 2.67. The third-order valence-electron chi connectivity index (χ3n) is 1.62. The molecule has 0 aliphatic heterocycles. The first kappa shape index (κ1) is 17.0. The normalized spacial score (nSPS) is 12.6. The maximum absolute atomic E-state index is 8.74. The van der Waals surface area contributed by atoms with Crippen molar-refractivity contribution in [2.24, 2.45) is 0 Å². The number of rotatable bonds is 5. The zero-order valence-electron chi connectivity index (χ0n) is 8.81. The maximum Gasteiger partial charge on any atom is 0.394 e. The van der Waals surface area contributed by atoms with Gasteiger partial charge in [0.15, 0.2) is 0 Å². The minimum absolute atomic E-state index is 0.988. The second kappa shape index (κ2) is 10.1. The molecule has 0 saturated heterocycles. The van der Waals surface area contributed by atoms with E-state index in [-0.39, 0.29) is 0 Å². The Labute approximate surface area is 104 Å². The molecule has 0 heterocycles. The monoisotopic (exact) mass is 232 g/mol. The summed E-state index contributed by atoms with van der Waals surface area (Å²) >= 11 is 1.34. The Hall–Kier alpha value is 0.610. The summed E-state index contributed by atoms with van der Waals surface area (Å²) in [7, 11) is -4.67. The van der Waals surface area contributed by atoms with E-state index < -0.39 is 10.4 Å². The summed E-state index contributed by atoms with van der Waals surface area (Å²) in [5.41, 5.74) is 0. The molecule has 14 heavy (non-hydrogen) atoms. The molecule has 0 amide bonds. The van der Waals surface area contributed by atoms with Gasteiger partial charge in [-0.1, -0.05) is 0 Å². The van der Waals surface area contributed by atoms with Crippen LogP contribution in [0.2, 0.25) is 3.17 Å². The van der Waals surface area contributed by atoms with E-state index in [2.05, 4.69) is 13.5 Å². The van der Waals surface area contributed by atoms with Crippen LogP contribution >= 0.6 is 0 Å². The minimum Gasteiger partial charge on any atom is -0.264 e. The van der Waals surface area contributed by atoms with Gasteiger partial charge in [0.2, 0.25) is 0 Å². The van der Waals surface area contributed by atoms with Gasteiger partial charge in [0.25, 0.3) is 0 Å². The van der Waals surface area contributed by atoms with Crippen LogP contribution in [0.5, 0.6) is 0 Å². The molecule has 4 nitrogen and oxygen atoms in total. The molecule has 0 aromatic rings. The molecule has 0 aliphatic rings. The van der Waals surface area contributed by atoms with E-state index in [1.165, 1.54) is 53.6 Å². The first-order valence-electron chi connectivity index (χ1n) is 4.62. The molecule has 1 atom stereocenters. The van der Waals surface area contributed by atoms with Crippen LogP contribution in [0, 0.1) is 0 Å². The Morgan fingerprint density at radius 2 is 1.93 bits per heavy atom. The summed E-state index contributed by atoms with van der Waals surface area (Å²) in [6.07, 6.45) is 7.46. The van der Waals surface area contributed by atoms with Gasteiger partial charge in [0, 0.05) is 0 Å². The van der Waals surface area contributed by atoms with E-state index in [0.717, 1.165) is 3.17 Å². The van der Waals surface area contributed by atoms with Crippen LogP contribution in [0.3, 0.4) is 0 Å². The molecule has 0 radical (unpaired) electrons. The van der Waals surface area contributed by atoms with Crippen molar-refractivity contribution >= 4 is 38.3 Å². The molecule has 1 unspecified atom stereocenters. The molecular weight excluding hydrogens is 215 g/mol. The average Bonchev–Trinajstić information content (AvgIpc) is 1.98. The first-order chi connectivity index (χ1) is 6.31. The Kier molecular flexibility index (Phi) is 12.3. The minimum atomic E-state index is -4.67. The van der Waals surface area contributed by atoms with Gasteiger partial charge in [-0.25, -0.2) is 0 Å². The SMILES string of the molecule is C=CC[CH]([Na])CCCC.O=S(=O)(O)O. The van der Waals surface area contributed by atoms with Gasteiger partial charge in [-0.2, -0.15) is 8.42 Å². The van der Waals surface area contributed by atoms with E-state index >= 15 is 0 Å². The molecular formula is C8H17NaO4S. The van der Waals surface area contributed by atoms with E-state index in [1.807, 2.05) is 6.08 Å². The quantitative estimate of drug-likeness (QED) is 0.432. The predicted molar refractivity (Wildman–Crippen MR) is 58.0 cm³/mol. The van der Waals surface area contributed by atoms with E-state index in [0.29, 0.717) is 0 Å². The van der Waals surface area contributed by atoms with Crippen molar-refractivity contribution in [3.63, 3.8) is 0 Å². The van der Waals surface area contributed by atoms with E-state index in [4.69, 9.17) is 17.5 Å². The Balaban J connectivity index is 0. The second-order valence-electron chi connectivity index (χ2n) is 3.22. The van der Waals surface area contributed by atoms with Crippen molar-refractivity contribution in [1.82, 2.24) is 0 Å². The maximum atomic E-state index is 8.74. The summed E-state index contributed by atoms with van der Waals surface area (Å²) in [6, 6.07) is 0. The van der Waals surface area contributed by atoms with Gasteiger partial charge < -0.3 is 0 Å². The first-order valence-corrected chi connectivity index (χ1v) is 7.17. The van der Waals surface area contributed by atoms with Crippen LogP contribution < -0.4 is 0 Å². The molecule has 0 aromatic heterocycles. The molecule has 2 N–H and O–H groups in total. The van der Waals surface area contributed by atoms with Crippen LogP contribution in [-0.2, 0) is 10.4 Å². The van der Waals surface area contributed by atoms with Crippen LogP contribution in [0.15, 0.2) is 12.7 Å². The number of unbranched alkanes of at least 4 members (excludes halogenated alkanes) is 1. The zero-order valence-corrected chi connectivity index (χ0v) is 11.6. The largest absolute Gasteiger partial charge is 0.394 e. The van der Waals surface area contributed by atoms with Crippen LogP contribution in [-0.4, -0.2) is 45.5 Å². The van der Waals surface area contributed by atoms with Crippen LogP contribution in [0.25, 0.3) is 0 Å². The molecule has 80 valence electrons. The van der Waals surface area contributed by atoms with E-state index in [1.54, 1.807) is 0 Å². The van der Waals surface area contributed by atoms with Gasteiger partial charge in [0.1, 0.15) is 0 Å². The number of hydrogen-bond donors (Lipinski definition) is 2. The molecule has 0 fully saturated rings. The summed E-state index contributed by atoms with van der Waals surface area (Å²) in [6.45, 7) is 5.98. The fourth-order valence-electron chi connectivity index (χ4n) is 0.955. The van der Waals surface area contributed by atoms with Crippen molar-refractivity contribution in [3.8, 4) is 0 Å². The van der Waals surface area contributed by atoms with Gasteiger partial charge in [-0.05, 0) is 0 Å². The van der Waals surface area contributed by atoms with E-state index in [9.17, 15) is 0 Å². The Morgan fingerprint density at radius 3 is 2.21 bits per heavy atom. The molecule has 0 saturated carbocycles. The summed E-state index contributed by atoms with van der Waals surface area (Å²) in [5, 5.41) is 0. The molecule has 0 rings (SSSR count). The number of allylic oxidation sites excluding steroid dienone is 1. The smallest absolute Gasteiger partial charge is 0.264 e. The summed E-state index contributed by atoms with van der Waals surface area (Å²) in [4.78, 5) is 0. The van der Waals surface area contributed by atoms with Crippen molar-refractivity contribution in [3.05, 3.63) is 12.7 Å². The van der Waals surface area contributed by atoms with Crippen LogP contribution in [0.4, 0.5) is 0 Å². The van der Waals surface area contributed by atoms with Gasteiger partial charge in [-0.15, -0.1) is 0 Å². The van der Waals surface area contributed by atoms with Gasteiger partial charge >= 0.3 is 86.8 Å². The zero-order chi connectivity index (χ0) is 11.6. The van der Waals surface area contributed by atoms with Gasteiger partial charge in [0.05, 0.1) is 0 Å². The fourth-order valence-corrected chi connectivity index (χ4v) is 1.70. The fraction of sp³-hybridized carbons (Fsp3) is 0.750. The molecule has 0 aromatic carbocycles. The van der Waals surface area contributed by atoms with Crippen molar-refractivity contribution in [1.29, 1.82) is 0 Å². The summed E-state index contributed by atoms with van der Waals surface area (Å²) < 4.78 is 32.6. The standard InChI is InChI=1S/C8H15.Na.H2O4S/c1-3-5-7-8-6-4-2;;1-5(2,3)4/h3,7H,1,4-6,8H2,2H3;;(H2,1,2,3,4).